The van der Waals surface area contributed by atoms with Crippen molar-refractivity contribution in [1.82, 2.24) is 14.7 Å². The van der Waals surface area contributed by atoms with Crippen LogP contribution in [0.5, 0.6) is 11.5 Å². The molecule has 1 atom stereocenters. The maximum absolute atomic E-state index is 14.1. The summed E-state index contributed by atoms with van der Waals surface area (Å²) in [6, 6.07) is 21.3. The molecule has 45 heavy (non-hydrogen) atoms. The number of likely N-dealkylation sites (tertiary alicyclic amines) is 1. The summed E-state index contributed by atoms with van der Waals surface area (Å²) in [6.07, 6.45) is 1.92. The van der Waals surface area contributed by atoms with Crippen LogP contribution in [-0.2, 0) is 9.59 Å². The van der Waals surface area contributed by atoms with Gasteiger partial charge in [0.25, 0.3) is 0 Å². The van der Waals surface area contributed by atoms with Gasteiger partial charge < -0.3 is 14.4 Å². The molecule has 0 aliphatic carbocycles. The van der Waals surface area contributed by atoms with E-state index >= 15 is 0 Å². The minimum atomic E-state index is -0.366. The van der Waals surface area contributed by atoms with E-state index in [-0.39, 0.29) is 29.4 Å². The van der Waals surface area contributed by atoms with Crippen molar-refractivity contribution in [2.75, 3.05) is 44.5 Å². The van der Waals surface area contributed by atoms with E-state index in [1.807, 2.05) is 83.2 Å². The van der Waals surface area contributed by atoms with Gasteiger partial charge in [-0.15, -0.1) is 11.8 Å². The minimum Gasteiger partial charge on any atom is -0.497 e. The van der Waals surface area contributed by atoms with Crippen molar-refractivity contribution >= 4 is 41.0 Å². The number of anilines is 1. The molecule has 2 aliphatic rings. The number of ether oxygens (including phenoxy) is 2. The van der Waals surface area contributed by atoms with Crippen LogP contribution < -0.4 is 14.4 Å². The molecule has 6 rings (SSSR count). The molecule has 2 amide bonds. The number of aryl methyl sites for hydroxylation is 1. The van der Waals surface area contributed by atoms with E-state index in [0.717, 1.165) is 40.8 Å². The molecule has 0 bridgehead atoms. The Morgan fingerprint density at radius 2 is 1.71 bits per heavy atom. The SMILES string of the molecule is COc1ccc(OC)c([C@H]2SCC(=O)N(CC(=O)N3CCC(C)CC3)c3c2c(-c2ccc(Cl)cc2)nn3-c2ccc(C)cc2)c1. The number of benzene rings is 3. The highest BCUT2D eigenvalue weighted by atomic mass is 35.5. The van der Waals surface area contributed by atoms with Crippen molar-refractivity contribution in [1.29, 1.82) is 0 Å². The lowest BCUT2D eigenvalue weighted by Gasteiger charge is -2.32. The van der Waals surface area contributed by atoms with Crippen LogP contribution in [0.25, 0.3) is 16.9 Å². The number of carbonyl (C=O) groups excluding carboxylic acids is 2. The predicted octanol–water partition coefficient (Wildman–Crippen LogP) is 6.95. The largest absolute Gasteiger partial charge is 0.497 e. The lowest BCUT2D eigenvalue weighted by molar-refractivity contribution is -0.132. The fraction of sp³-hybridized carbons (Fsp3) is 0.343. The van der Waals surface area contributed by atoms with Crippen molar-refractivity contribution in [2.24, 2.45) is 5.92 Å². The number of amides is 2. The van der Waals surface area contributed by atoms with Crippen molar-refractivity contribution in [3.63, 3.8) is 0 Å². The Morgan fingerprint density at radius 1 is 1.00 bits per heavy atom. The quantitative estimate of drug-likeness (QED) is 0.217. The standard InChI is InChI=1S/C35H37ClN4O4S/c1-22-5-11-26(12-6-22)40-35-32(33(37-40)24-7-9-25(36)10-8-24)34(28-19-27(43-3)13-14-29(28)44-4)45-21-31(42)39(35)20-30(41)38-17-15-23(2)16-18-38/h5-14,19,23,34H,15-18,20-21H2,1-4H3/t34-/m1/s1. The molecule has 3 heterocycles. The number of halogens is 1. The Balaban J connectivity index is 1.60. The molecular formula is C35H37ClN4O4S. The average molecular weight is 645 g/mol. The second-order valence-corrected chi connectivity index (χ2v) is 13.2. The molecule has 1 saturated heterocycles. The van der Waals surface area contributed by atoms with Crippen molar-refractivity contribution in [3.8, 4) is 28.4 Å². The summed E-state index contributed by atoms with van der Waals surface area (Å²) < 4.78 is 13.3. The summed E-state index contributed by atoms with van der Waals surface area (Å²) in [6.45, 7) is 5.57. The third-order valence-corrected chi connectivity index (χ3v) is 10.1. The molecule has 0 unspecified atom stereocenters. The number of thioether (sulfide) groups is 1. The normalized spacial score (nSPS) is 17.2. The Labute approximate surface area is 273 Å². The fourth-order valence-electron chi connectivity index (χ4n) is 5.99. The Hall–Kier alpha value is -3.95. The van der Waals surface area contributed by atoms with Gasteiger partial charge in [0.2, 0.25) is 11.8 Å². The topological polar surface area (TPSA) is 76.9 Å². The highest BCUT2D eigenvalue weighted by molar-refractivity contribution is 8.00. The van der Waals surface area contributed by atoms with Gasteiger partial charge in [-0.05, 0) is 68.1 Å². The van der Waals surface area contributed by atoms with E-state index in [2.05, 4.69) is 6.92 Å². The van der Waals surface area contributed by atoms with E-state index < -0.39 is 0 Å². The first-order valence-electron chi connectivity index (χ1n) is 15.1. The van der Waals surface area contributed by atoms with Gasteiger partial charge in [-0.25, -0.2) is 4.68 Å². The molecule has 4 aromatic rings. The molecule has 3 aromatic carbocycles. The van der Waals surface area contributed by atoms with Crippen LogP contribution in [0.3, 0.4) is 0 Å². The van der Waals surface area contributed by atoms with Crippen LogP contribution in [0, 0.1) is 12.8 Å². The second kappa shape index (κ2) is 13.2. The first kappa shape index (κ1) is 31.0. The lowest BCUT2D eigenvalue weighted by Crippen LogP contribution is -2.46. The van der Waals surface area contributed by atoms with Crippen molar-refractivity contribution in [3.05, 3.63) is 88.4 Å². The molecule has 234 valence electrons. The Bertz CT molecular complexity index is 1700. The summed E-state index contributed by atoms with van der Waals surface area (Å²) in [4.78, 5) is 31.5. The number of fused-ring (bicyclic) bond motifs is 1. The summed E-state index contributed by atoms with van der Waals surface area (Å²) in [5.41, 5.74) is 5.11. The Morgan fingerprint density at radius 3 is 2.38 bits per heavy atom. The lowest BCUT2D eigenvalue weighted by atomic mass is 9.98. The summed E-state index contributed by atoms with van der Waals surface area (Å²) >= 11 is 7.80. The van der Waals surface area contributed by atoms with Crippen LogP contribution in [0.2, 0.25) is 5.02 Å². The van der Waals surface area contributed by atoms with Crippen LogP contribution in [0.4, 0.5) is 5.82 Å². The molecule has 0 radical (unpaired) electrons. The van der Waals surface area contributed by atoms with Gasteiger partial charge in [0.15, 0.2) is 0 Å². The third-order valence-electron chi connectivity index (χ3n) is 8.63. The van der Waals surface area contributed by atoms with E-state index in [1.54, 1.807) is 19.1 Å². The van der Waals surface area contributed by atoms with Gasteiger partial charge >= 0.3 is 0 Å². The predicted molar refractivity (Wildman–Crippen MR) is 180 cm³/mol. The Kier molecular flexibility index (Phi) is 9.10. The summed E-state index contributed by atoms with van der Waals surface area (Å²) in [5.74, 6) is 2.46. The first-order valence-corrected chi connectivity index (χ1v) is 16.6. The van der Waals surface area contributed by atoms with Gasteiger partial charge in [0.05, 0.1) is 36.6 Å². The summed E-state index contributed by atoms with van der Waals surface area (Å²) in [5, 5.41) is 5.44. The van der Waals surface area contributed by atoms with Crippen LogP contribution >= 0.6 is 23.4 Å². The first-order chi connectivity index (χ1) is 21.8. The maximum atomic E-state index is 14.1. The number of hydrogen-bond acceptors (Lipinski definition) is 6. The maximum Gasteiger partial charge on any atom is 0.242 e. The molecule has 1 fully saturated rings. The number of carbonyl (C=O) groups is 2. The van der Waals surface area contributed by atoms with Crippen molar-refractivity contribution < 1.29 is 19.1 Å². The molecule has 0 saturated carbocycles. The number of nitrogens with zero attached hydrogens (tertiary/aromatic N) is 4. The van der Waals surface area contributed by atoms with Gasteiger partial charge in [0, 0.05) is 34.8 Å². The zero-order valence-electron chi connectivity index (χ0n) is 26.0. The monoisotopic (exact) mass is 644 g/mol. The molecule has 10 heteroatoms. The van der Waals surface area contributed by atoms with E-state index in [1.165, 1.54) is 11.8 Å². The van der Waals surface area contributed by atoms with E-state index in [9.17, 15) is 9.59 Å². The average Bonchev–Trinajstić information content (AvgIpc) is 3.37. The third kappa shape index (κ3) is 6.29. The highest BCUT2D eigenvalue weighted by Gasteiger charge is 2.39. The molecule has 0 spiro atoms. The van der Waals surface area contributed by atoms with Gasteiger partial charge in [-0.3, -0.25) is 14.5 Å². The number of aromatic nitrogens is 2. The number of methoxy groups -OCH3 is 2. The number of rotatable bonds is 7. The van der Waals surface area contributed by atoms with Gasteiger partial charge in [-0.2, -0.15) is 5.10 Å². The molecule has 2 aliphatic heterocycles. The molecule has 0 N–H and O–H groups in total. The number of hydrogen-bond donors (Lipinski definition) is 0. The molecular weight excluding hydrogens is 608 g/mol. The van der Waals surface area contributed by atoms with E-state index in [0.29, 0.717) is 47.0 Å². The summed E-state index contributed by atoms with van der Waals surface area (Å²) in [7, 11) is 3.27. The van der Waals surface area contributed by atoms with Gasteiger partial charge in [0.1, 0.15) is 23.9 Å². The van der Waals surface area contributed by atoms with Crippen molar-refractivity contribution in [2.45, 2.75) is 31.9 Å². The number of piperidine rings is 1. The van der Waals surface area contributed by atoms with Crippen LogP contribution in [0.1, 0.15) is 41.7 Å². The molecule has 8 nitrogen and oxygen atoms in total. The van der Waals surface area contributed by atoms with Crippen LogP contribution in [-0.4, -0.2) is 66.1 Å². The second-order valence-electron chi connectivity index (χ2n) is 11.7. The van der Waals surface area contributed by atoms with Crippen LogP contribution in [0.15, 0.2) is 66.7 Å². The zero-order valence-corrected chi connectivity index (χ0v) is 27.5. The van der Waals surface area contributed by atoms with E-state index in [4.69, 9.17) is 26.2 Å². The van der Waals surface area contributed by atoms with Gasteiger partial charge in [-0.1, -0.05) is 48.4 Å². The highest BCUT2D eigenvalue weighted by Crippen LogP contribution is 2.51. The smallest absolute Gasteiger partial charge is 0.242 e. The fourth-order valence-corrected chi connectivity index (χ4v) is 7.33. The minimum absolute atomic E-state index is 0.0618. The zero-order chi connectivity index (χ0) is 31.7. The molecule has 1 aromatic heterocycles.